The van der Waals surface area contributed by atoms with Crippen molar-refractivity contribution in [3.8, 4) is 0 Å². The van der Waals surface area contributed by atoms with Gasteiger partial charge in [-0.3, -0.25) is 14.6 Å². The van der Waals surface area contributed by atoms with Crippen molar-refractivity contribution in [1.82, 2.24) is 10.2 Å². The number of furan rings is 1. The molecular weight excluding hydrogens is 478 g/mol. The van der Waals surface area contributed by atoms with Crippen LogP contribution in [0.4, 0.5) is 0 Å². The van der Waals surface area contributed by atoms with Gasteiger partial charge in [0, 0.05) is 43.1 Å². The molecule has 1 saturated carbocycles. The average molecular weight is 520 g/mol. The molecule has 1 fully saturated rings. The number of hydrogen-bond acceptors (Lipinski definition) is 6. The van der Waals surface area contributed by atoms with Gasteiger partial charge in [-0.05, 0) is 55.2 Å². The largest absolute Gasteiger partial charge is 0.449 e. The number of fused-ring (bicyclic) bond motifs is 1. The molecule has 0 aromatic carbocycles. The van der Waals surface area contributed by atoms with Crippen molar-refractivity contribution in [3.05, 3.63) is 71.1 Å². The van der Waals surface area contributed by atoms with E-state index in [0.29, 0.717) is 54.3 Å². The Morgan fingerprint density at radius 1 is 1.29 bits per heavy atom. The quantitative estimate of drug-likeness (QED) is 0.198. The van der Waals surface area contributed by atoms with Gasteiger partial charge in [0.25, 0.3) is 11.8 Å². The Bertz CT molecular complexity index is 1250. The van der Waals surface area contributed by atoms with Crippen LogP contribution in [0.25, 0.3) is 12.3 Å². The summed E-state index contributed by atoms with van der Waals surface area (Å²) in [7, 11) is 0. The van der Waals surface area contributed by atoms with Crippen LogP contribution in [0, 0.1) is 11.3 Å². The Morgan fingerprint density at radius 2 is 2.05 bits per heavy atom. The molecule has 1 aromatic heterocycles. The summed E-state index contributed by atoms with van der Waals surface area (Å²) < 4.78 is 5.70. The molecule has 8 nitrogen and oxygen atoms in total. The molecule has 5 N–H and O–H groups in total. The summed E-state index contributed by atoms with van der Waals surface area (Å²) in [6.07, 6.45) is 15.8. The number of allylic oxidation sites excluding steroid dienone is 4. The van der Waals surface area contributed by atoms with Crippen LogP contribution in [-0.4, -0.2) is 48.7 Å². The van der Waals surface area contributed by atoms with E-state index in [4.69, 9.17) is 15.9 Å². The third-order valence-electron chi connectivity index (χ3n) is 7.58. The monoisotopic (exact) mass is 519 g/mol. The van der Waals surface area contributed by atoms with Crippen LogP contribution < -0.4 is 27.4 Å². The van der Waals surface area contributed by atoms with Crippen molar-refractivity contribution in [2.45, 2.75) is 52.1 Å². The number of hydrogen-bond donors (Lipinski definition) is 3. The molecule has 8 heteroatoms. The fraction of sp³-hybridized carbons (Fsp3) is 0.433. The van der Waals surface area contributed by atoms with E-state index in [1.165, 1.54) is 0 Å². The first-order valence-electron chi connectivity index (χ1n) is 13.4. The maximum Gasteiger partial charge on any atom is 0.287 e. The third kappa shape index (κ3) is 6.88. The molecule has 1 aromatic rings. The summed E-state index contributed by atoms with van der Waals surface area (Å²) in [4.78, 5) is 32.0. The van der Waals surface area contributed by atoms with E-state index in [0.717, 1.165) is 30.9 Å². The lowest BCUT2D eigenvalue weighted by Crippen LogP contribution is -2.39. The standard InChI is InChI=1S/C30H41N5O3/c1-5-11-23(27(31)32)24(12-6-2)29(37)35(8-4)16-10-14-30(7-3)18-22(30)19-34-28(36)25-17-21-13-9-15-33-20-26(21)38-25/h5-6,11-13,15,17,20,22,27H,1-2,7-10,14,16,18-19,31-32H2,3-4H3,(H,34,36)/b23-11-,24-12+. The second-order valence-corrected chi connectivity index (χ2v) is 9.85. The topological polar surface area (TPSA) is 127 Å². The van der Waals surface area contributed by atoms with Crippen molar-refractivity contribution in [2.75, 3.05) is 19.6 Å². The number of aliphatic imine (C=N–C) groups is 1. The maximum atomic E-state index is 13.3. The summed E-state index contributed by atoms with van der Waals surface area (Å²) in [6, 6.07) is 1.77. The van der Waals surface area contributed by atoms with Gasteiger partial charge in [-0.1, -0.05) is 50.8 Å². The third-order valence-corrected chi connectivity index (χ3v) is 7.58. The summed E-state index contributed by atoms with van der Waals surface area (Å²) in [5.41, 5.74) is 13.6. The van der Waals surface area contributed by atoms with E-state index in [9.17, 15) is 9.59 Å². The molecule has 2 amide bonds. The number of rotatable bonds is 14. The molecule has 1 aliphatic carbocycles. The van der Waals surface area contributed by atoms with Gasteiger partial charge in [-0.25, -0.2) is 0 Å². The lowest BCUT2D eigenvalue weighted by molar-refractivity contribution is -0.126. The minimum atomic E-state index is -0.798. The number of likely N-dealkylation sites (N-methyl/N-ethyl adjacent to an activating group) is 1. The molecule has 0 bridgehead atoms. The smallest absolute Gasteiger partial charge is 0.287 e. The van der Waals surface area contributed by atoms with E-state index in [1.54, 1.807) is 42.8 Å². The van der Waals surface area contributed by atoms with Crippen molar-refractivity contribution < 1.29 is 14.0 Å². The number of carbonyl (C=O) groups is 2. The fourth-order valence-corrected chi connectivity index (χ4v) is 5.20. The van der Waals surface area contributed by atoms with E-state index in [1.807, 2.05) is 17.9 Å². The molecule has 1 aliphatic heterocycles. The lowest BCUT2D eigenvalue weighted by Gasteiger charge is -2.25. The predicted octanol–water partition coefficient (Wildman–Crippen LogP) is 2.52. The van der Waals surface area contributed by atoms with E-state index in [-0.39, 0.29) is 17.2 Å². The van der Waals surface area contributed by atoms with Crippen LogP contribution in [-0.2, 0) is 4.79 Å². The molecule has 0 radical (unpaired) electrons. The molecule has 2 atom stereocenters. The van der Waals surface area contributed by atoms with Crippen molar-refractivity contribution in [2.24, 2.45) is 27.8 Å². The van der Waals surface area contributed by atoms with Crippen LogP contribution in [0.2, 0.25) is 0 Å². The molecule has 2 heterocycles. The van der Waals surface area contributed by atoms with Crippen molar-refractivity contribution in [1.29, 1.82) is 0 Å². The van der Waals surface area contributed by atoms with Crippen LogP contribution in [0.1, 0.15) is 56.5 Å². The summed E-state index contributed by atoms with van der Waals surface area (Å²) >= 11 is 0. The molecule has 0 saturated heterocycles. The zero-order valence-electron chi connectivity index (χ0n) is 22.6. The predicted molar refractivity (Wildman–Crippen MR) is 153 cm³/mol. The normalized spacial score (nSPS) is 20.6. The number of carbonyl (C=O) groups excluding carboxylic acids is 2. The van der Waals surface area contributed by atoms with Crippen LogP contribution in [0.3, 0.4) is 0 Å². The second-order valence-electron chi connectivity index (χ2n) is 9.85. The highest BCUT2D eigenvalue weighted by atomic mass is 16.3. The van der Waals surface area contributed by atoms with Crippen LogP contribution >= 0.6 is 0 Å². The Kier molecular flexibility index (Phi) is 10.2. The highest BCUT2D eigenvalue weighted by Gasteiger charge is 2.51. The minimum absolute atomic E-state index is 0.122. The number of amides is 2. The van der Waals surface area contributed by atoms with E-state index < -0.39 is 6.17 Å². The molecule has 2 aliphatic rings. The zero-order chi connectivity index (χ0) is 27.7. The molecule has 2 unspecified atom stereocenters. The first-order chi connectivity index (χ1) is 18.3. The van der Waals surface area contributed by atoms with Crippen molar-refractivity contribution >= 4 is 30.3 Å². The summed E-state index contributed by atoms with van der Waals surface area (Å²) in [6.45, 7) is 13.4. The Labute approximate surface area is 225 Å². The lowest BCUT2D eigenvalue weighted by atomic mass is 9.93. The van der Waals surface area contributed by atoms with Gasteiger partial charge in [-0.2, -0.15) is 0 Å². The minimum Gasteiger partial charge on any atom is -0.449 e. The first-order valence-corrected chi connectivity index (χ1v) is 13.4. The van der Waals surface area contributed by atoms with E-state index in [2.05, 4.69) is 30.4 Å². The van der Waals surface area contributed by atoms with Gasteiger partial charge >= 0.3 is 0 Å². The highest BCUT2D eigenvalue weighted by Crippen LogP contribution is 2.58. The molecule has 204 valence electrons. The van der Waals surface area contributed by atoms with Gasteiger partial charge in [0.1, 0.15) is 0 Å². The summed E-state index contributed by atoms with van der Waals surface area (Å²) in [5.74, 6) is 0.395. The number of nitrogens with one attached hydrogen (secondary N) is 1. The van der Waals surface area contributed by atoms with Crippen molar-refractivity contribution in [3.63, 3.8) is 0 Å². The van der Waals surface area contributed by atoms with Gasteiger partial charge in [0.2, 0.25) is 0 Å². The molecule has 38 heavy (non-hydrogen) atoms. The molecule has 0 spiro atoms. The van der Waals surface area contributed by atoms with Gasteiger partial charge < -0.3 is 26.1 Å². The Balaban J connectivity index is 1.55. The fourth-order valence-electron chi connectivity index (χ4n) is 5.20. The Hall–Kier alpha value is -3.49. The zero-order valence-corrected chi connectivity index (χ0v) is 22.6. The van der Waals surface area contributed by atoms with Crippen LogP contribution in [0.5, 0.6) is 0 Å². The first kappa shape index (κ1) is 29.1. The second kappa shape index (κ2) is 13.3. The maximum absolute atomic E-state index is 13.3. The highest BCUT2D eigenvalue weighted by molar-refractivity contribution is 5.98. The number of nitrogens with zero attached hydrogens (tertiary/aromatic N) is 2. The van der Waals surface area contributed by atoms with Gasteiger partial charge in [-0.15, -0.1) is 0 Å². The van der Waals surface area contributed by atoms with E-state index >= 15 is 0 Å². The average Bonchev–Trinajstić information content (AvgIpc) is 3.54. The summed E-state index contributed by atoms with van der Waals surface area (Å²) in [5, 5.41) is 3.94. The molecule has 3 rings (SSSR count). The number of nitrogens with two attached hydrogens (primary N) is 2. The van der Waals surface area contributed by atoms with Gasteiger partial charge in [0.05, 0.1) is 12.4 Å². The SMILES string of the molecule is C=C/C=C(/C(=C\C=C)C(=O)N(CC)CCCC1(CC)CC1CNC(=O)c1cc2c(o1)=CN=CCC=2)C(N)N. The van der Waals surface area contributed by atoms with Crippen LogP contribution in [0.15, 0.2) is 64.1 Å². The molecular formula is C30H41N5O3. The Morgan fingerprint density at radius 3 is 2.71 bits per heavy atom. The van der Waals surface area contributed by atoms with Gasteiger partial charge in [0.15, 0.2) is 11.2 Å².